The molecule has 0 spiro atoms. The molecule has 0 aliphatic heterocycles. The molecule has 0 saturated carbocycles. The summed E-state index contributed by atoms with van der Waals surface area (Å²) in [6.45, 7) is 1.84. The summed E-state index contributed by atoms with van der Waals surface area (Å²) in [7, 11) is 0. The Morgan fingerprint density at radius 1 is 1.15 bits per heavy atom. The van der Waals surface area contributed by atoms with Crippen molar-refractivity contribution in [3.63, 3.8) is 0 Å². The van der Waals surface area contributed by atoms with E-state index < -0.39 is 0 Å². The molecule has 0 heterocycles. The second-order valence-corrected chi connectivity index (χ2v) is 5.58. The quantitative estimate of drug-likeness (QED) is 0.636. The van der Waals surface area contributed by atoms with Crippen LogP contribution in [0.2, 0.25) is 0 Å². The van der Waals surface area contributed by atoms with Crippen LogP contribution in [-0.2, 0) is 0 Å². The predicted molar refractivity (Wildman–Crippen MR) is 89.2 cm³/mol. The molecule has 2 nitrogen and oxygen atoms in total. The van der Waals surface area contributed by atoms with Crippen molar-refractivity contribution in [1.82, 2.24) is 0 Å². The number of nitrogens with one attached hydrogen (secondary N) is 2. The molecule has 0 unspecified atom stereocenters. The maximum absolute atomic E-state index is 13.7. The zero-order valence-electron chi connectivity index (χ0n) is 11.2. The molecule has 2 rings (SSSR count). The average Bonchev–Trinajstić information content (AvgIpc) is 2.42. The van der Waals surface area contributed by atoms with Crippen molar-refractivity contribution < 1.29 is 4.39 Å². The van der Waals surface area contributed by atoms with Crippen molar-refractivity contribution in [2.75, 3.05) is 16.9 Å². The summed E-state index contributed by atoms with van der Waals surface area (Å²) in [5, 5.41) is 6.28. The van der Waals surface area contributed by atoms with E-state index in [1.54, 1.807) is 17.8 Å². The van der Waals surface area contributed by atoms with Gasteiger partial charge in [0.25, 0.3) is 0 Å². The van der Waals surface area contributed by atoms with Gasteiger partial charge in [0, 0.05) is 10.6 Å². The maximum Gasteiger partial charge on any atom is 0.175 e. The minimum atomic E-state index is -0.313. The average molecular weight is 306 g/mol. The summed E-state index contributed by atoms with van der Waals surface area (Å²) < 4.78 is 13.7. The maximum atomic E-state index is 13.7. The molecule has 0 atom stereocenters. The van der Waals surface area contributed by atoms with Gasteiger partial charge in [-0.15, -0.1) is 11.8 Å². The Morgan fingerprint density at radius 2 is 1.95 bits per heavy atom. The standard InChI is InChI=1S/C15H15FN2S2/c1-10-6-7-14(13(16)8-10)18-15(19)17-11-4-3-5-12(9-11)20-2/h3-9H,1-2H3,(H2,17,18,19). The van der Waals surface area contributed by atoms with Gasteiger partial charge >= 0.3 is 0 Å². The van der Waals surface area contributed by atoms with Crippen molar-refractivity contribution in [2.24, 2.45) is 0 Å². The minimum Gasteiger partial charge on any atom is -0.332 e. The van der Waals surface area contributed by atoms with Crippen LogP contribution in [-0.4, -0.2) is 11.4 Å². The van der Waals surface area contributed by atoms with Crippen LogP contribution in [0.25, 0.3) is 0 Å². The summed E-state index contributed by atoms with van der Waals surface area (Å²) in [4.78, 5) is 1.14. The second-order valence-electron chi connectivity index (χ2n) is 4.29. The molecular weight excluding hydrogens is 291 g/mol. The van der Waals surface area contributed by atoms with E-state index in [9.17, 15) is 4.39 Å². The SMILES string of the molecule is CSc1cccc(NC(=S)Nc2ccc(C)cc2F)c1. The van der Waals surface area contributed by atoms with Gasteiger partial charge in [-0.05, 0) is 61.3 Å². The fourth-order valence-corrected chi connectivity index (χ4v) is 2.39. The molecule has 20 heavy (non-hydrogen) atoms. The van der Waals surface area contributed by atoms with E-state index in [0.29, 0.717) is 10.8 Å². The summed E-state index contributed by atoms with van der Waals surface area (Å²) >= 11 is 6.85. The molecule has 0 aliphatic carbocycles. The van der Waals surface area contributed by atoms with Crippen LogP contribution in [0.3, 0.4) is 0 Å². The molecular formula is C15H15FN2S2. The second kappa shape index (κ2) is 6.72. The van der Waals surface area contributed by atoms with Gasteiger partial charge < -0.3 is 10.6 Å². The first kappa shape index (κ1) is 14.8. The van der Waals surface area contributed by atoms with Crippen molar-refractivity contribution in [1.29, 1.82) is 0 Å². The Balaban J connectivity index is 2.05. The molecule has 2 aromatic rings. The van der Waals surface area contributed by atoms with Gasteiger partial charge in [0.1, 0.15) is 5.82 Å². The number of thiocarbonyl (C=S) groups is 1. The van der Waals surface area contributed by atoms with E-state index in [4.69, 9.17) is 12.2 Å². The highest BCUT2D eigenvalue weighted by atomic mass is 32.2. The molecule has 0 saturated heterocycles. The lowest BCUT2D eigenvalue weighted by molar-refractivity contribution is 0.631. The van der Waals surface area contributed by atoms with Gasteiger partial charge in [-0.2, -0.15) is 0 Å². The number of benzene rings is 2. The molecule has 2 N–H and O–H groups in total. The molecule has 2 aromatic carbocycles. The van der Waals surface area contributed by atoms with E-state index in [-0.39, 0.29) is 5.82 Å². The normalized spacial score (nSPS) is 10.2. The third-order valence-corrected chi connectivity index (χ3v) is 3.63. The summed E-state index contributed by atoms with van der Waals surface area (Å²) in [6.07, 6.45) is 2.01. The Bertz CT molecular complexity index is 629. The van der Waals surface area contributed by atoms with E-state index in [2.05, 4.69) is 10.6 Å². The summed E-state index contributed by atoms with van der Waals surface area (Å²) in [5.41, 5.74) is 2.12. The number of halogens is 1. The molecule has 0 aliphatic rings. The van der Waals surface area contributed by atoms with Crippen LogP contribution in [0.5, 0.6) is 0 Å². The first-order chi connectivity index (χ1) is 9.58. The third kappa shape index (κ3) is 3.95. The molecule has 0 bridgehead atoms. The van der Waals surface area contributed by atoms with Crippen molar-refractivity contribution in [3.8, 4) is 0 Å². The lowest BCUT2D eigenvalue weighted by Gasteiger charge is -2.12. The van der Waals surface area contributed by atoms with Gasteiger partial charge in [-0.25, -0.2) is 4.39 Å². The molecule has 0 amide bonds. The van der Waals surface area contributed by atoms with Crippen molar-refractivity contribution >= 4 is 40.5 Å². The fourth-order valence-electron chi connectivity index (χ4n) is 1.71. The molecule has 0 aromatic heterocycles. The van der Waals surface area contributed by atoms with Crippen LogP contribution in [0.4, 0.5) is 15.8 Å². The number of thioether (sulfide) groups is 1. The first-order valence-electron chi connectivity index (χ1n) is 6.06. The van der Waals surface area contributed by atoms with Gasteiger partial charge in [0.15, 0.2) is 5.11 Å². The van der Waals surface area contributed by atoms with E-state index in [1.165, 1.54) is 6.07 Å². The predicted octanol–water partition coefficient (Wildman–Crippen LogP) is 4.66. The number of anilines is 2. The Labute approximate surface area is 127 Å². The zero-order chi connectivity index (χ0) is 14.5. The topological polar surface area (TPSA) is 24.1 Å². The van der Waals surface area contributed by atoms with Gasteiger partial charge in [0.2, 0.25) is 0 Å². The third-order valence-electron chi connectivity index (χ3n) is 2.70. The first-order valence-corrected chi connectivity index (χ1v) is 7.70. The highest BCUT2D eigenvalue weighted by Gasteiger charge is 2.05. The van der Waals surface area contributed by atoms with Gasteiger partial charge in [-0.1, -0.05) is 12.1 Å². The number of hydrogen-bond acceptors (Lipinski definition) is 2. The van der Waals surface area contributed by atoms with E-state index >= 15 is 0 Å². The Kier molecular flexibility index (Phi) is 4.98. The summed E-state index contributed by atoms with van der Waals surface area (Å²) in [6, 6.07) is 12.9. The van der Waals surface area contributed by atoms with Crippen LogP contribution in [0, 0.1) is 12.7 Å². The minimum absolute atomic E-state index is 0.313. The molecule has 5 heteroatoms. The number of aryl methyl sites for hydroxylation is 1. The van der Waals surface area contributed by atoms with Crippen LogP contribution in [0.15, 0.2) is 47.4 Å². The van der Waals surface area contributed by atoms with E-state index in [1.807, 2.05) is 43.5 Å². The van der Waals surface area contributed by atoms with Gasteiger partial charge in [0.05, 0.1) is 5.69 Å². The Morgan fingerprint density at radius 3 is 2.65 bits per heavy atom. The highest BCUT2D eigenvalue weighted by Crippen LogP contribution is 2.20. The summed E-state index contributed by atoms with van der Waals surface area (Å²) in [5.74, 6) is -0.313. The van der Waals surface area contributed by atoms with Crippen LogP contribution >= 0.6 is 24.0 Å². The highest BCUT2D eigenvalue weighted by molar-refractivity contribution is 7.98. The van der Waals surface area contributed by atoms with Crippen LogP contribution in [0.1, 0.15) is 5.56 Å². The van der Waals surface area contributed by atoms with Crippen LogP contribution < -0.4 is 10.6 Å². The Hall–Kier alpha value is -1.59. The fraction of sp³-hybridized carbons (Fsp3) is 0.133. The largest absolute Gasteiger partial charge is 0.332 e. The molecule has 0 fully saturated rings. The lowest BCUT2D eigenvalue weighted by atomic mass is 10.2. The van der Waals surface area contributed by atoms with Crippen molar-refractivity contribution in [2.45, 2.75) is 11.8 Å². The lowest BCUT2D eigenvalue weighted by Crippen LogP contribution is -2.19. The molecule has 0 radical (unpaired) electrons. The molecule has 104 valence electrons. The number of hydrogen-bond donors (Lipinski definition) is 2. The van der Waals surface area contributed by atoms with E-state index in [0.717, 1.165) is 16.1 Å². The van der Waals surface area contributed by atoms with Gasteiger partial charge in [-0.3, -0.25) is 0 Å². The zero-order valence-corrected chi connectivity index (χ0v) is 12.9. The van der Waals surface area contributed by atoms with Crippen molar-refractivity contribution in [3.05, 3.63) is 53.8 Å². The number of rotatable bonds is 3. The monoisotopic (exact) mass is 306 g/mol. The smallest absolute Gasteiger partial charge is 0.175 e.